The minimum Gasteiger partial charge on any atom is -0.312 e. The SMILES string of the molecule is CCC1CNCc2cc(C3CCCCC3)ccc21. The van der Waals surface area contributed by atoms with Crippen molar-refractivity contribution in [2.75, 3.05) is 6.54 Å². The van der Waals surface area contributed by atoms with Crippen LogP contribution in [0.4, 0.5) is 0 Å². The Balaban J connectivity index is 1.85. The van der Waals surface area contributed by atoms with Gasteiger partial charge in [0.15, 0.2) is 0 Å². The lowest BCUT2D eigenvalue weighted by Crippen LogP contribution is -2.28. The monoisotopic (exact) mass is 243 g/mol. The fraction of sp³-hybridized carbons (Fsp3) is 0.647. The van der Waals surface area contributed by atoms with Gasteiger partial charge in [-0.25, -0.2) is 0 Å². The summed E-state index contributed by atoms with van der Waals surface area (Å²) in [5.74, 6) is 1.57. The largest absolute Gasteiger partial charge is 0.312 e. The van der Waals surface area contributed by atoms with Gasteiger partial charge in [-0.05, 0) is 47.8 Å². The molecule has 2 aliphatic rings. The number of rotatable bonds is 2. The van der Waals surface area contributed by atoms with E-state index in [0.29, 0.717) is 0 Å². The van der Waals surface area contributed by atoms with Crippen LogP contribution >= 0.6 is 0 Å². The Morgan fingerprint density at radius 2 is 2.00 bits per heavy atom. The summed E-state index contributed by atoms with van der Waals surface area (Å²) in [6.07, 6.45) is 8.37. The van der Waals surface area contributed by atoms with E-state index in [0.717, 1.165) is 24.9 Å². The van der Waals surface area contributed by atoms with E-state index in [-0.39, 0.29) is 0 Å². The van der Waals surface area contributed by atoms with E-state index in [4.69, 9.17) is 0 Å². The molecular weight excluding hydrogens is 218 g/mol. The first-order valence-corrected chi connectivity index (χ1v) is 7.72. The molecule has 1 unspecified atom stereocenters. The quantitative estimate of drug-likeness (QED) is 0.815. The Labute approximate surface area is 111 Å². The summed E-state index contributed by atoms with van der Waals surface area (Å²) < 4.78 is 0. The molecule has 1 aliphatic heterocycles. The molecule has 1 aliphatic carbocycles. The van der Waals surface area contributed by atoms with Crippen molar-refractivity contribution in [3.05, 3.63) is 34.9 Å². The summed E-state index contributed by atoms with van der Waals surface area (Å²) in [6, 6.07) is 7.34. The van der Waals surface area contributed by atoms with Gasteiger partial charge in [0.1, 0.15) is 0 Å². The Morgan fingerprint density at radius 3 is 2.78 bits per heavy atom. The Hall–Kier alpha value is -0.820. The van der Waals surface area contributed by atoms with E-state index < -0.39 is 0 Å². The predicted molar refractivity (Wildman–Crippen MR) is 77.0 cm³/mol. The molecule has 1 aromatic carbocycles. The number of fused-ring (bicyclic) bond motifs is 1. The van der Waals surface area contributed by atoms with E-state index in [2.05, 4.69) is 30.4 Å². The van der Waals surface area contributed by atoms with E-state index >= 15 is 0 Å². The summed E-state index contributed by atoms with van der Waals surface area (Å²) in [4.78, 5) is 0. The molecule has 1 fully saturated rings. The molecule has 1 saturated carbocycles. The summed E-state index contributed by atoms with van der Waals surface area (Å²) in [5, 5.41) is 3.57. The van der Waals surface area contributed by atoms with Crippen molar-refractivity contribution in [3.63, 3.8) is 0 Å². The fourth-order valence-corrected chi connectivity index (χ4v) is 3.72. The second kappa shape index (κ2) is 5.44. The molecule has 1 aromatic rings. The highest BCUT2D eigenvalue weighted by Gasteiger charge is 2.21. The molecule has 0 aromatic heterocycles. The zero-order chi connectivity index (χ0) is 12.4. The molecule has 1 heterocycles. The molecule has 0 spiro atoms. The molecule has 0 radical (unpaired) electrons. The standard InChI is InChI=1S/C17H25N/c1-2-13-11-18-12-16-10-15(8-9-17(13)16)14-6-4-3-5-7-14/h8-10,13-14,18H,2-7,11-12H2,1H3. The second-order valence-electron chi connectivity index (χ2n) is 6.03. The molecule has 98 valence electrons. The van der Waals surface area contributed by atoms with Gasteiger partial charge in [0.2, 0.25) is 0 Å². The van der Waals surface area contributed by atoms with Crippen molar-refractivity contribution < 1.29 is 0 Å². The summed E-state index contributed by atoms with van der Waals surface area (Å²) in [7, 11) is 0. The first kappa shape index (κ1) is 12.2. The second-order valence-corrected chi connectivity index (χ2v) is 6.03. The molecule has 1 N–H and O–H groups in total. The highest BCUT2D eigenvalue weighted by molar-refractivity contribution is 5.38. The van der Waals surface area contributed by atoms with E-state index in [1.807, 2.05) is 0 Å². The smallest absolute Gasteiger partial charge is 0.0208 e. The average Bonchev–Trinajstić information content (AvgIpc) is 2.47. The van der Waals surface area contributed by atoms with Gasteiger partial charge in [0, 0.05) is 13.1 Å². The predicted octanol–water partition coefficient (Wildman–Crippen LogP) is 4.33. The molecule has 1 nitrogen and oxygen atoms in total. The first-order chi connectivity index (χ1) is 8.88. The fourth-order valence-electron chi connectivity index (χ4n) is 3.72. The summed E-state index contributed by atoms with van der Waals surface area (Å²) >= 11 is 0. The summed E-state index contributed by atoms with van der Waals surface area (Å²) in [6.45, 7) is 4.54. The van der Waals surface area contributed by atoms with Crippen LogP contribution in [0.3, 0.4) is 0 Å². The van der Waals surface area contributed by atoms with Crippen LogP contribution in [0.2, 0.25) is 0 Å². The van der Waals surface area contributed by atoms with E-state index in [1.54, 1.807) is 16.7 Å². The maximum absolute atomic E-state index is 3.57. The van der Waals surface area contributed by atoms with Crippen LogP contribution in [0.25, 0.3) is 0 Å². The molecular formula is C17H25N. The molecule has 0 amide bonds. The van der Waals surface area contributed by atoms with Crippen LogP contribution in [0.15, 0.2) is 18.2 Å². The molecule has 1 heteroatoms. The molecule has 18 heavy (non-hydrogen) atoms. The van der Waals surface area contributed by atoms with Gasteiger partial charge in [-0.1, -0.05) is 44.4 Å². The molecule has 0 saturated heterocycles. The minimum absolute atomic E-state index is 0.731. The van der Waals surface area contributed by atoms with Gasteiger partial charge in [-0.2, -0.15) is 0 Å². The van der Waals surface area contributed by atoms with E-state index in [1.165, 1.54) is 38.5 Å². The van der Waals surface area contributed by atoms with Gasteiger partial charge in [0.05, 0.1) is 0 Å². The van der Waals surface area contributed by atoms with Gasteiger partial charge in [-0.15, -0.1) is 0 Å². The zero-order valence-corrected chi connectivity index (χ0v) is 11.5. The van der Waals surface area contributed by atoms with Crippen molar-refractivity contribution >= 4 is 0 Å². The normalized spacial score (nSPS) is 24.8. The Bertz CT molecular complexity index is 404. The Morgan fingerprint density at radius 1 is 1.17 bits per heavy atom. The van der Waals surface area contributed by atoms with Crippen LogP contribution in [0, 0.1) is 0 Å². The molecule has 1 atom stereocenters. The van der Waals surface area contributed by atoms with E-state index in [9.17, 15) is 0 Å². The third-order valence-corrected chi connectivity index (χ3v) is 4.88. The molecule has 3 rings (SSSR count). The van der Waals surface area contributed by atoms with Gasteiger partial charge in [-0.3, -0.25) is 0 Å². The van der Waals surface area contributed by atoms with Crippen LogP contribution in [-0.4, -0.2) is 6.54 Å². The maximum Gasteiger partial charge on any atom is 0.0208 e. The third kappa shape index (κ3) is 2.33. The van der Waals surface area contributed by atoms with Crippen molar-refractivity contribution in [2.45, 2.75) is 63.8 Å². The first-order valence-electron chi connectivity index (χ1n) is 7.72. The average molecular weight is 243 g/mol. The third-order valence-electron chi connectivity index (χ3n) is 4.88. The van der Waals surface area contributed by atoms with Gasteiger partial charge in [0.25, 0.3) is 0 Å². The maximum atomic E-state index is 3.57. The van der Waals surface area contributed by atoms with Gasteiger partial charge < -0.3 is 5.32 Å². The molecule has 0 bridgehead atoms. The lowest BCUT2D eigenvalue weighted by molar-refractivity contribution is 0.442. The van der Waals surface area contributed by atoms with Crippen LogP contribution in [0.1, 0.15) is 74.0 Å². The van der Waals surface area contributed by atoms with Crippen LogP contribution < -0.4 is 5.32 Å². The lowest BCUT2D eigenvalue weighted by Gasteiger charge is -2.28. The zero-order valence-electron chi connectivity index (χ0n) is 11.5. The number of benzene rings is 1. The highest BCUT2D eigenvalue weighted by Crippen LogP contribution is 2.35. The Kier molecular flexibility index (Phi) is 3.69. The topological polar surface area (TPSA) is 12.0 Å². The lowest BCUT2D eigenvalue weighted by atomic mass is 9.81. The van der Waals surface area contributed by atoms with Crippen molar-refractivity contribution in [3.8, 4) is 0 Å². The highest BCUT2D eigenvalue weighted by atomic mass is 14.9. The van der Waals surface area contributed by atoms with Crippen LogP contribution in [-0.2, 0) is 6.54 Å². The van der Waals surface area contributed by atoms with Crippen molar-refractivity contribution in [1.82, 2.24) is 5.32 Å². The minimum atomic E-state index is 0.731. The van der Waals surface area contributed by atoms with Crippen molar-refractivity contribution in [2.24, 2.45) is 0 Å². The van der Waals surface area contributed by atoms with Gasteiger partial charge >= 0.3 is 0 Å². The van der Waals surface area contributed by atoms with Crippen molar-refractivity contribution in [1.29, 1.82) is 0 Å². The number of hydrogen-bond donors (Lipinski definition) is 1. The summed E-state index contributed by atoms with van der Waals surface area (Å²) in [5.41, 5.74) is 4.78. The number of hydrogen-bond acceptors (Lipinski definition) is 1. The van der Waals surface area contributed by atoms with Crippen LogP contribution in [0.5, 0.6) is 0 Å². The number of nitrogens with one attached hydrogen (secondary N) is 1.